The number of hydrogen-bond donors (Lipinski definition) is 1. The molecule has 1 N–H and O–H groups in total. The van der Waals surface area contributed by atoms with Crippen molar-refractivity contribution < 1.29 is 14.6 Å². The Bertz CT molecular complexity index is 716. The van der Waals surface area contributed by atoms with Crippen LogP contribution in [-0.2, 0) is 16.6 Å². The number of carbonyl (C=O) groups is 1. The summed E-state index contributed by atoms with van der Waals surface area (Å²) in [6.45, 7) is 0.977. The average Bonchev–Trinajstić information content (AvgIpc) is 2.83. The lowest BCUT2D eigenvalue weighted by Crippen LogP contribution is -2.31. The molecule has 1 spiro atoms. The number of ether oxygens (including phenoxy) is 1. The molecule has 4 nitrogen and oxygen atoms in total. The van der Waals surface area contributed by atoms with Gasteiger partial charge in [0.25, 0.3) is 0 Å². The van der Waals surface area contributed by atoms with E-state index in [4.69, 9.17) is 4.74 Å². The van der Waals surface area contributed by atoms with Gasteiger partial charge in [-0.1, -0.05) is 12.2 Å². The van der Waals surface area contributed by atoms with E-state index in [-0.39, 0.29) is 16.9 Å². The SMILES string of the molecule is COc1c(O)cc2c3c1C1(C=CC(=O)C=C1)C[C@H]3N(C)CC2. The van der Waals surface area contributed by atoms with Crippen molar-refractivity contribution in [1.82, 2.24) is 4.90 Å². The third-order valence-corrected chi connectivity index (χ3v) is 5.28. The minimum absolute atomic E-state index is 0.0122. The van der Waals surface area contributed by atoms with Crippen LogP contribution < -0.4 is 4.74 Å². The first-order valence-electron chi connectivity index (χ1n) is 7.61. The van der Waals surface area contributed by atoms with E-state index in [0.29, 0.717) is 11.8 Å². The molecule has 4 heteroatoms. The van der Waals surface area contributed by atoms with Gasteiger partial charge in [0.2, 0.25) is 0 Å². The number of methoxy groups -OCH3 is 1. The molecule has 4 rings (SSSR count). The molecule has 0 saturated carbocycles. The highest BCUT2D eigenvalue weighted by Crippen LogP contribution is 2.57. The van der Waals surface area contributed by atoms with Crippen molar-refractivity contribution in [2.75, 3.05) is 20.7 Å². The highest BCUT2D eigenvalue weighted by Gasteiger charge is 2.48. The maximum absolute atomic E-state index is 11.6. The number of aromatic hydroxyl groups is 1. The molecule has 0 radical (unpaired) electrons. The zero-order valence-electron chi connectivity index (χ0n) is 12.8. The van der Waals surface area contributed by atoms with Crippen LogP contribution in [0.4, 0.5) is 0 Å². The van der Waals surface area contributed by atoms with E-state index in [2.05, 4.69) is 11.9 Å². The normalized spacial score (nSPS) is 24.8. The molecule has 22 heavy (non-hydrogen) atoms. The van der Waals surface area contributed by atoms with Gasteiger partial charge in [-0.25, -0.2) is 0 Å². The molecule has 1 atom stereocenters. The topological polar surface area (TPSA) is 49.8 Å². The number of likely N-dealkylation sites (N-methyl/N-ethyl adjacent to an activating group) is 1. The van der Waals surface area contributed by atoms with E-state index in [1.54, 1.807) is 19.3 Å². The van der Waals surface area contributed by atoms with Gasteiger partial charge in [0.1, 0.15) is 0 Å². The molecule has 114 valence electrons. The third-order valence-electron chi connectivity index (χ3n) is 5.28. The Balaban J connectivity index is 2.02. The molecule has 1 aromatic rings. The van der Waals surface area contributed by atoms with Gasteiger partial charge < -0.3 is 9.84 Å². The Morgan fingerprint density at radius 1 is 1.36 bits per heavy atom. The van der Waals surface area contributed by atoms with Crippen LogP contribution in [0.2, 0.25) is 0 Å². The van der Waals surface area contributed by atoms with E-state index < -0.39 is 0 Å². The molecular weight excluding hydrogens is 278 g/mol. The van der Waals surface area contributed by atoms with Crippen LogP contribution in [0.25, 0.3) is 0 Å². The maximum Gasteiger partial charge on any atom is 0.178 e. The lowest BCUT2D eigenvalue weighted by atomic mass is 9.77. The summed E-state index contributed by atoms with van der Waals surface area (Å²) in [6.07, 6.45) is 9.01. The number of ketones is 1. The number of phenolic OH excluding ortho intramolecular Hbond substituents is 1. The van der Waals surface area contributed by atoms with Crippen molar-refractivity contribution >= 4 is 5.78 Å². The molecule has 0 amide bonds. The van der Waals surface area contributed by atoms with Crippen molar-refractivity contribution in [3.8, 4) is 11.5 Å². The molecular formula is C18H19NO3. The third kappa shape index (κ3) is 1.64. The zero-order valence-corrected chi connectivity index (χ0v) is 12.8. The number of fused-ring (bicyclic) bond motifs is 1. The number of hydrogen-bond acceptors (Lipinski definition) is 4. The largest absolute Gasteiger partial charge is 0.504 e. The average molecular weight is 297 g/mol. The summed E-state index contributed by atoms with van der Waals surface area (Å²) >= 11 is 0. The smallest absolute Gasteiger partial charge is 0.178 e. The van der Waals surface area contributed by atoms with Crippen LogP contribution in [0.15, 0.2) is 30.4 Å². The lowest BCUT2D eigenvalue weighted by Gasteiger charge is -2.32. The van der Waals surface area contributed by atoms with Crippen LogP contribution in [0, 0.1) is 0 Å². The monoisotopic (exact) mass is 297 g/mol. The Morgan fingerprint density at radius 2 is 2.09 bits per heavy atom. The van der Waals surface area contributed by atoms with Crippen molar-refractivity contribution in [3.63, 3.8) is 0 Å². The Morgan fingerprint density at radius 3 is 2.77 bits per heavy atom. The number of phenols is 1. The number of nitrogens with zero attached hydrogens (tertiary/aromatic N) is 1. The van der Waals surface area contributed by atoms with Gasteiger partial charge in [-0.2, -0.15) is 0 Å². The summed E-state index contributed by atoms with van der Waals surface area (Å²) in [4.78, 5) is 13.9. The zero-order chi connectivity index (χ0) is 15.5. The molecule has 0 bridgehead atoms. The second kappa shape index (κ2) is 4.46. The summed E-state index contributed by atoms with van der Waals surface area (Å²) in [5.41, 5.74) is 3.14. The van der Waals surface area contributed by atoms with Gasteiger partial charge in [-0.05, 0) is 49.2 Å². The molecule has 1 heterocycles. The van der Waals surface area contributed by atoms with Gasteiger partial charge in [0.15, 0.2) is 17.3 Å². The van der Waals surface area contributed by atoms with Crippen LogP contribution in [-0.4, -0.2) is 36.5 Å². The maximum atomic E-state index is 11.6. The summed E-state index contributed by atoms with van der Waals surface area (Å²) < 4.78 is 5.53. The molecule has 2 aliphatic carbocycles. The Hall–Kier alpha value is -2.07. The Labute approximate surface area is 129 Å². The highest BCUT2D eigenvalue weighted by molar-refractivity contribution is 6.01. The second-order valence-corrected chi connectivity index (χ2v) is 6.44. The quantitative estimate of drug-likeness (QED) is 0.864. The first-order valence-corrected chi connectivity index (χ1v) is 7.61. The van der Waals surface area contributed by atoms with E-state index in [9.17, 15) is 9.90 Å². The van der Waals surface area contributed by atoms with Crippen molar-refractivity contribution in [2.24, 2.45) is 0 Å². The summed E-state index contributed by atoms with van der Waals surface area (Å²) in [6, 6.07) is 2.15. The van der Waals surface area contributed by atoms with Gasteiger partial charge >= 0.3 is 0 Å². The summed E-state index contributed by atoms with van der Waals surface area (Å²) in [7, 11) is 3.73. The standard InChI is InChI=1S/C18H19NO3/c1-19-8-5-11-9-14(21)17(22-2)16-15(11)13(19)10-18(16)6-3-12(20)4-7-18/h3-4,6-7,9,13,21H,5,8,10H2,1-2H3/t13-/m1/s1. The molecule has 1 aliphatic heterocycles. The predicted octanol–water partition coefficient (Wildman–Crippen LogP) is 2.27. The molecule has 0 fully saturated rings. The van der Waals surface area contributed by atoms with Crippen molar-refractivity contribution in [1.29, 1.82) is 0 Å². The summed E-state index contributed by atoms with van der Waals surface area (Å²) in [5, 5.41) is 10.4. The van der Waals surface area contributed by atoms with E-state index in [1.807, 2.05) is 18.2 Å². The minimum atomic E-state index is -0.356. The summed E-state index contributed by atoms with van der Waals surface area (Å²) in [5.74, 6) is 0.748. The van der Waals surface area contributed by atoms with E-state index in [1.165, 1.54) is 11.1 Å². The van der Waals surface area contributed by atoms with E-state index in [0.717, 1.165) is 24.9 Å². The highest BCUT2D eigenvalue weighted by atomic mass is 16.5. The lowest BCUT2D eigenvalue weighted by molar-refractivity contribution is -0.110. The number of allylic oxidation sites excluding steroid dienone is 4. The number of rotatable bonds is 1. The van der Waals surface area contributed by atoms with Crippen LogP contribution in [0.1, 0.15) is 29.2 Å². The molecule has 3 aliphatic rings. The fourth-order valence-corrected chi connectivity index (χ4v) is 4.20. The van der Waals surface area contributed by atoms with Gasteiger partial charge in [0, 0.05) is 23.6 Å². The van der Waals surface area contributed by atoms with Gasteiger partial charge in [-0.15, -0.1) is 0 Å². The number of carbonyl (C=O) groups excluding carboxylic acids is 1. The predicted molar refractivity (Wildman–Crippen MR) is 83.3 cm³/mol. The fraction of sp³-hybridized carbons (Fsp3) is 0.389. The first kappa shape index (κ1) is 13.6. The molecule has 0 aromatic heterocycles. The van der Waals surface area contributed by atoms with Crippen LogP contribution in [0.5, 0.6) is 11.5 Å². The first-order chi connectivity index (χ1) is 10.6. The second-order valence-electron chi connectivity index (χ2n) is 6.44. The molecule has 1 aromatic carbocycles. The molecule has 0 saturated heterocycles. The Kier molecular flexibility index (Phi) is 2.76. The van der Waals surface area contributed by atoms with Gasteiger partial charge in [-0.3, -0.25) is 9.69 Å². The van der Waals surface area contributed by atoms with Crippen LogP contribution >= 0.6 is 0 Å². The van der Waals surface area contributed by atoms with Crippen molar-refractivity contribution in [3.05, 3.63) is 47.1 Å². The van der Waals surface area contributed by atoms with Gasteiger partial charge in [0.05, 0.1) is 7.11 Å². The molecule has 0 unspecified atom stereocenters. The van der Waals surface area contributed by atoms with Crippen LogP contribution in [0.3, 0.4) is 0 Å². The van der Waals surface area contributed by atoms with E-state index >= 15 is 0 Å². The van der Waals surface area contributed by atoms with Crippen molar-refractivity contribution in [2.45, 2.75) is 24.3 Å². The fourth-order valence-electron chi connectivity index (χ4n) is 4.20. The minimum Gasteiger partial charge on any atom is -0.504 e. The number of benzene rings is 1.